The summed E-state index contributed by atoms with van der Waals surface area (Å²) in [5.41, 5.74) is -0.813. The Balaban J connectivity index is 3.19. The molecule has 0 unspecified atom stereocenters. The van der Waals surface area contributed by atoms with E-state index in [9.17, 15) is 12.8 Å². The Morgan fingerprint density at radius 3 is 2.33 bits per heavy atom. The molecule has 0 amide bonds. The number of halogens is 2. The first-order valence-corrected chi connectivity index (χ1v) is 6.87. The first-order valence-electron chi connectivity index (χ1n) is 4.40. The van der Waals surface area contributed by atoms with E-state index in [2.05, 4.69) is 0 Å². The first-order chi connectivity index (χ1) is 6.70. The molecule has 0 bridgehead atoms. The van der Waals surface area contributed by atoms with Gasteiger partial charge in [0.05, 0.1) is 5.75 Å². The van der Waals surface area contributed by atoms with Gasteiger partial charge < -0.3 is 0 Å². The van der Waals surface area contributed by atoms with Crippen molar-refractivity contribution in [3.63, 3.8) is 0 Å². The quantitative estimate of drug-likeness (QED) is 0.773. The van der Waals surface area contributed by atoms with Crippen molar-refractivity contribution < 1.29 is 12.8 Å². The Morgan fingerprint density at radius 2 is 1.87 bits per heavy atom. The van der Waals surface area contributed by atoms with Crippen molar-refractivity contribution >= 4 is 19.7 Å². The van der Waals surface area contributed by atoms with Crippen molar-refractivity contribution in [3.05, 3.63) is 35.4 Å². The fraction of sp³-hybridized carbons (Fsp3) is 0.400. The van der Waals surface area contributed by atoms with Gasteiger partial charge in [-0.25, -0.2) is 12.8 Å². The predicted molar refractivity (Wildman–Crippen MR) is 59.1 cm³/mol. The lowest BCUT2D eigenvalue weighted by molar-refractivity contribution is 0.220. The van der Waals surface area contributed by atoms with E-state index < -0.39 is 14.7 Å². The molecule has 1 rings (SSSR count). The van der Waals surface area contributed by atoms with Crippen molar-refractivity contribution in [2.45, 2.75) is 25.3 Å². The molecule has 0 saturated heterocycles. The Hall–Kier alpha value is -0.610. The van der Waals surface area contributed by atoms with Crippen LogP contribution in [0.5, 0.6) is 0 Å². The molecule has 1 aromatic rings. The van der Waals surface area contributed by atoms with E-state index in [1.165, 1.54) is 13.8 Å². The van der Waals surface area contributed by atoms with Crippen LogP contribution in [0.4, 0.5) is 4.39 Å². The smallest absolute Gasteiger partial charge is 0.236 e. The maximum atomic E-state index is 13.7. The number of alkyl halides is 1. The zero-order valence-electron chi connectivity index (χ0n) is 8.50. The molecular formula is C10H12ClFO2S. The van der Waals surface area contributed by atoms with E-state index in [4.69, 9.17) is 10.7 Å². The largest absolute Gasteiger partial charge is 0.239 e. The molecule has 15 heavy (non-hydrogen) atoms. The number of rotatable bonds is 3. The van der Waals surface area contributed by atoms with E-state index in [0.29, 0.717) is 11.1 Å². The van der Waals surface area contributed by atoms with Crippen LogP contribution in [0.1, 0.15) is 25.0 Å². The van der Waals surface area contributed by atoms with Crippen LogP contribution in [-0.2, 0) is 20.5 Å². The Labute approximate surface area is 93.5 Å². The molecule has 0 saturated carbocycles. The van der Waals surface area contributed by atoms with Crippen LogP contribution >= 0.6 is 10.7 Å². The highest BCUT2D eigenvalue weighted by atomic mass is 35.7. The number of benzene rings is 1. The molecule has 0 aromatic heterocycles. The van der Waals surface area contributed by atoms with Crippen molar-refractivity contribution in [3.8, 4) is 0 Å². The lowest BCUT2D eigenvalue weighted by Gasteiger charge is -2.18. The van der Waals surface area contributed by atoms with Crippen LogP contribution in [0, 0.1) is 0 Å². The summed E-state index contributed by atoms with van der Waals surface area (Å²) in [5.74, 6) is -0.349. The van der Waals surface area contributed by atoms with Gasteiger partial charge in [0.15, 0.2) is 0 Å². The van der Waals surface area contributed by atoms with Crippen LogP contribution in [-0.4, -0.2) is 8.42 Å². The number of hydrogen-bond acceptors (Lipinski definition) is 2. The molecule has 1 aromatic carbocycles. The molecule has 0 aliphatic heterocycles. The van der Waals surface area contributed by atoms with Gasteiger partial charge in [-0.15, -0.1) is 0 Å². The SMILES string of the molecule is CC(C)(F)c1ccccc1CS(=O)(=O)Cl. The Bertz CT molecular complexity index is 449. The van der Waals surface area contributed by atoms with Gasteiger partial charge in [0.25, 0.3) is 0 Å². The maximum absolute atomic E-state index is 13.7. The summed E-state index contributed by atoms with van der Waals surface area (Å²) in [6, 6.07) is 6.46. The van der Waals surface area contributed by atoms with E-state index in [0.717, 1.165) is 0 Å². The molecule has 0 aliphatic rings. The minimum absolute atomic E-state index is 0.349. The molecule has 0 radical (unpaired) electrons. The Morgan fingerprint density at radius 1 is 1.33 bits per heavy atom. The van der Waals surface area contributed by atoms with Crippen molar-refractivity contribution in [2.24, 2.45) is 0 Å². The molecule has 0 fully saturated rings. The number of hydrogen-bond donors (Lipinski definition) is 0. The molecule has 2 nitrogen and oxygen atoms in total. The summed E-state index contributed by atoms with van der Waals surface area (Å²) < 4.78 is 35.6. The molecule has 84 valence electrons. The third-order valence-corrected chi connectivity index (χ3v) is 2.97. The van der Waals surface area contributed by atoms with E-state index >= 15 is 0 Å². The monoisotopic (exact) mass is 250 g/mol. The first kappa shape index (κ1) is 12.5. The predicted octanol–water partition coefficient (Wildman–Crippen LogP) is 2.96. The highest BCUT2D eigenvalue weighted by Gasteiger charge is 2.23. The van der Waals surface area contributed by atoms with Crippen LogP contribution in [0.3, 0.4) is 0 Å². The van der Waals surface area contributed by atoms with Gasteiger partial charge in [0, 0.05) is 10.7 Å². The minimum Gasteiger partial charge on any atom is -0.239 e. The fourth-order valence-electron chi connectivity index (χ4n) is 1.41. The van der Waals surface area contributed by atoms with Crippen molar-refractivity contribution in [1.29, 1.82) is 0 Å². The molecule has 0 heterocycles. The van der Waals surface area contributed by atoms with Crippen LogP contribution < -0.4 is 0 Å². The standard InChI is InChI=1S/C10H12ClFO2S/c1-10(2,12)9-6-4-3-5-8(9)7-15(11,13)14/h3-6H,7H2,1-2H3. The second kappa shape index (κ2) is 4.10. The summed E-state index contributed by atoms with van der Waals surface area (Å²) in [4.78, 5) is 0. The van der Waals surface area contributed by atoms with Crippen LogP contribution in [0.15, 0.2) is 24.3 Å². The fourth-order valence-corrected chi connectivity index (χ4v) is 2.39. The zero-order chi connectivity index (χ0) is 11.7. The lowest BCUT2D eigenvalue weighted by atomic mass is 9.96. The normalized spacial score (nSPS) is 12.8. The zero-order valence-corrected chi connectivity index (χ0v) is 10.1. The molecule has 0 N–H and O–H groups in total. The summed E-state index contributed by atoms with van der Waals surface area (Å²) in [7, 11) is 1.49. The average molecular weight is 251 g/mol. The minimum atomic E-state index is -3.65. The molecule has 0 spiro atoms. The topological polar surface area (TPSA) is 34.1 Å². The van der Waals surface area contributed by atoms with Gasteiger partial charge in [-0.2, -0.15) is 0 Å². The van der Waals surface area contributed by atoms with Gasteiger partial charge in [-0.3, -0.25) is 0 Å². The van der Waals surface area contributed by atoms with Gasteiger partial charge in [-0.1, -0.05) is 24.3 Å². The Kier molecular flexibility index (Phi) is 3.41. The maximum Gasteiger partial charge on any atom is 0.236 e. The molecule has 5 heteroatoms. The third-order valence-electron chi connectivity index (χ3n) is 1.99. The average Bonchev–Trinajstić information content (AvgIpc) is 1.99. The summed E-state index contributed by atoms with van der Waals surface area (Å²) in [6.07, 6.45) is 0. The van der Waals surface area contributed by atoms with Gasteiger partial charge in [0.2, 0.25) is 9.05 Å². The van der Waals surface area contributed by atoms with E-state index in [1.807, 2.05) is 0 Å². The highest BCUT2D eigenvalue weighted by molar-refractivity contribution is 8.13. The van der Waals surface area contributed by atoms with E-state index in [-0.39, 0.29) is 5.75 Å². The van der Waals surface area contributed by atoms with Gasteiger partial charge >= 0.3 is 0 Å². The van der Waals surface area contributed by atoms with Crippen molar-refractivity contribution in [2.75, 3.05) is 0 Å². The summed E-state index contributed by atoms with van der Waals surface area (Å²) >= 11 is 0. The van der Waals surface area contributed by atoms with Crippen molar-refractivity contribution in [1.82, 2.24) is 0 Å². The second-order valence-corrected chi connectivity index (χ2v) is 6.59. The highest BCUT2D eigenvalue weighted by Crippen LogP contribution is 2.29. The van der Waals surface area contributed by atoms with Gasteiger partial charge in [0.1, 0.15) is 5.67 Å². The van der Waals surface area contributed by atoms with Gasteiger partial charge in [-0.05, 0) is 25.0 Å². The summed E-state index contributed by atoms with van der Waals surface area (Å²) in [5, 5.41) is 0. The second-order valence-electron chi connectivity index (χ2n) is 3.81. The van der Waals surface area contributed by atoms with E-state index in [1.54, 1.807) is 24.3 Å². The lowest BCUT2D eigenvalue weighted by Crippen LogP contribution is -2.13. The molecular weight excluding hydrogens is 239 g/mol. The van der Waals surface area contributed by atoms with Crippen LogP contribution in [0.25, 0.3) is 0 Å². The molecule has 0 aliphatic carbocycles. The van der Waals surface area contributed by atoms with Crippen LogP contribution in [0.2, 0.25) is 0 Å². The summed E-state index contributed by atoms with van der Waals surface area (Å²) in [6.45, 7) is 2.76. The molecule has 0 atom stereocenters. The third kappa shape index (κ3) is 3.80.